The van der Waals surface area contributed by atoms with Gasteiger partial charge in [0.2, 0.25) is 5.88 Å². The van der Waals surface area contributed by atoms with Gasteiger partial charge >= 0.3 is 6.18 Å². The summed E-state index contributed by atoms with van der Waals surface area (Å²) < 4.78 is 40.9. The number of hydrogen-bond donors (Lipinski definition) is 2. The summed E-state index contributed by atoms with van der Waals surface area (Å²) in [6.45, 7) is 4.00. The number of alkyl halides is 3. The van der Waals surface area contributed by atoms with Crippen molar-refractivity contribution in [2.45, 2.75) is 33.0 Å². The largest absolute Gasteiger partial charge is 0.468 e. The molecule has 0 fully saturated rings. The van der Waals surface area contributed by atoms with E-state index in [9.17, 15) is 22.8 Å². The van der Waals surface area contributed by atoms with Crippen LogP contribution in [0, 0.1) is 6.92 Å². The lowest BCUT2D eigenvalue weighted by Gasteiger charge is -2.13. The number of pyridine rings is 1. The van der Waals surface area contributed by atoms with E-state index in [0.29, 0.717) is 11.3 Å². The van der Waals surface area contributed by atoms with Gasteiger partial charge < -0.3 is 15.4 Å². The van der Waals surface area contributed by atoms with Crippen LogP contribution in [0.25, 0.3) is 0 Å². The van der Waals surface area contributed by atoms with Crippen LogP contribution in [0.15, 0.2) is 36.5 Å². The van der Waals surface area contributed by atoms with Crippen molar-refractivity contribution in [1.29, 1.82) is 0 Å². The van der Waals surface area contributed by atoms with E-state index < -0.39 is 18.7 Å². The second-order valence-electron chi connectivity index (χ2n) is 6.40. The van der Waals surface area contributed by atoms with Gasteiger partial charge in [0.25, 0.3) is 11.8 Å². The molecule has 0 spiro atoms. The predicted octanol–water partition coefficient (Wildman–Crippen LogP) is 3.72. The molecule has 1 aromatic carbocycles. The molecule has 0 radical (unpaired) electrons. The third-order valence-electron chi connectivity index (χ3n) is 3.54. The molecule has 0 saturated heterocycles. The predicted molar refractivity (Wildman–Crippen MR) is 97.5 cm³/mol. The Kier molecular flexibility index (Phi) is 6.61. The number of benzene rings is 1. The van der Waals surface area contributed by atoms with Crippen LogP contribution < -0.4 is 15.4 Å². The average molecular weight is 395 g/mol. The summed E-state index contributed by atoms with van der Waals surface area (Å²) in [6, 6.07) is 7.35. The Bertz CT molecular complexity index is 850. The summed E-state index contributed by atoms with van der Waals surface area (Å²) in [5.41, 5.74) is 1.72. The Morgan fingerprint density at radius 1 is 1.14 bits per heavy atom. The van der Waals surface area contributed by atoms with E-state index in [-0.39, 0.29) is 23.4 Å². The molecule has 0 bridgehead atoms. The molecular weight excluding hydrogens is 375 g/mol. The number of aromatic nitrogens is 1. The number of amides is 2. The SMILES string of the molecule is Cc1ccc(NC(=O)c2ccc(OCC(F)(F)F)nc2)cc1C(=O)NC(C)C. The summed E-state index contributed by atoms with van der Waals surface area (Å²) >= 11 is 0. The first-order valence-corrected chi connectivity index (χ1v) is 8.43. The molecule has 0 atom stereocenters. The van der Waals surface area contributed by atoms with E-state index in [0.717, 1.165) is 11.8 Å². The molecule has 2 aromatic rings. The highest BCUT2D eigenvalue weighted by Gasteiger charge is 2.28. The summed E-state index contributed by atoms with van der Waals surface area (Å²) in [6.07, 6.45) is -3.36. The normalized spacial score (nSPS) is 11.2. The van der Waals surface area contributed by atoms with Gasteiger partial charge in [-0.25, -0.2) is 4.98 Å². The van der Waals surface area contributed by atoms with Gasteiger partial charge in [0.15, 0.2) is 6.61 Å². The molecular formula is C19H20F3N3O3. The molecule has 0 aliphatic carbocycles. The first-order valence-electron chi connectivity index (χ1n) is 8.43. The van der Waals surface area contributed by atoms with Crippen molar-refractivity contribution in [2.75, 3.05) is 11.9 Å². The van der Waals surface area contributed by atoms with Crippen LogP contribution in [0.4, 0.5) is 18.9 Å². The molecule has 1 aromatic heterocycles. The van der Waals surface area contributed by atoms with Crippen LogP contribution in [0.1, 0.15) is 40.1 Å². The topological polar surface area (TPSA) is 80.3 Å². The van der Waals surface area contributed by atoms with Crippen molar-refractivity contribution in [3.63, 3.8) is 0 Å². The van der Waals surface area contributed by atoms with E-state index in [4.69, 9.17) is 0 Å². The van der Waals surface area contributed by atoms with Gasteiger partial charge in [0, 0.05) is 29.6 Å². The van der Waals surface area contributed by atoms with Crippen LogP contribution >= 0.6 is 0 Å². The van der Waals surface area contributed by atoms with Gasteiger partial charge in [-0.1, -0.05) is 6.07 Å². The first kappa shape index (κ1) is 21.2. The molecule has 6 nitrogen and oxygen atoms in total. The van der Waals surface area contributed by atoms with Crippen molar-refractivity contribution >= 4 is 17.5 Å². The fourth-order valence-electron chi connectivity index (χ4n) is 2.24. The molecule has 0 unspecified atom stereocenters. The molecule has 0 aliphatic heterocycles. The zero-order valence-corrected chi connectivity index (χ0v) is 15.6. The molecule has 28 heavy (non-hydrogen) atoms. The zero-order chi connectivity index (χ0) is 20.9. The van der Waals surface area contributed by atoms with Gasteiger partial charge in [-0.3, -0.25) is 9.59 Å². The number of carbonyl (C=O) groups excluding carboxylic acids is 2. The number of anilines is 1. The smallest absolute Gasteiger partial charge is 0.422 e. The number of nitrogens with zero attached hydrogens (tertiary/aromatic N) is 1. The van der Waals surface area contributed by atoms with Crippen molar-refractivity contribution in [1.82, 2.24) is 10.3 Å². The fraction of sp³-hybridized carbons (Fsp3) is 0.316. The first-order chi connectivity index (χ1) is 13.0. The number of nitrogens with one attached hydrogen (secondary N) is 2. The Balaban J connectivity index is 2.07. The molecule has 9 heteroatoms. The van der Waals surface area contributed by atoms with E-state index in [1.165, 1.54) is 12.1 Å². The lowest BCUT2D eigenvalue weighted by atomic mass is 10.1. The van der Waals surface area contributed by atoms with Crippen LogP contribution in [0.5, 0.6) is 5.88 Å². The van der Waals surface area contributed by atoms with E-state index in [1.807, 2.05) is 13.8 Å². The number of aryl methyl sites for hydroxylation is 1. The number of hydrogen-bond acceptors (Lipinski definition) is 4. The summed E-state index contributed by atoms with van der Waals surface area (Å²) in [7, 11) is 0. The highest BCUT2D eigenvalue weighted by molar-refractivity contribution is 6.05. The number of halogens is 3. The lowest BCUT2D eigenvalue weighted by molar-refractivity contribution is -0.154. The fourth-order valence-corrected chi connectivity index (χ4v) is 2.24. The molecule has 1 heterocycles. The van der Waals surface area contributed by atoms with Gasteiger partial charge in [-0.05, 0) is 44.5 Å². The van der Waals surface area contributed by atoms with Crippen LogP contribution in [-0.4, -0.2) is 35.6 Å². The maximum Gasteiger partial charge on any atom is 0.422 e. The Morgan fingerprint density at radius 3 is 2.43 bits per heavy atom. The lowest BCUT2D eigenvalue weighted by Crippen LogP contribution is -2.30. The maximum atomic E-state index is 12.3. The third kappa shape index (κ3) is 6.26. The summed E-state index contributed by atoms with van der Waals surface area (Å²) in [5, 5.41) is 5.42. The summed E-state index contributed by atoms with van der Waals surface area (Å²) in [5.74, 6) is -1.01. The average Bonchev–Trinajstić information content (AvgIpc) is 2.60. The third-order valence-corrected chi connectivity index (χ3v) is 3.54. The highest BCUT2D eigenvalue weighted by atomic mass is 19.4. The minimum Gasteiger partial charge on any atom is -0.468 e. The van der Waals surface area contributed by atoms with Crippen LogP contribution in [0.2, 0.25) is 0 Å². The molecule has 2 rings (SSSR count). The Labute approximate surface area is 160 Å². The molecule has 150 valence electrons. The second-order valence-corrected chi connectivity index (χ2v) is 6.40. The van der Waals surface area contributed by atoms with Crippen molar-refractivity contribution in [3.8, 4) is 5.88 Å². The van der Waals surface area contributed by atoms with Crippen molar-refractivity contribution in [2.24, 2.45) is 0 Å². The monoisotopic (exact) mass is 395 g/mol. The second kappa shape index (κ2) is 8.73. The molecule has 0 saturated carbocycles. The van der Waals surface area contributed by atoms with Crippen LogP contribution in [0.3, 0.4) is 0 Å². The Morgan fingerprint density at radius 2 is 1.86 bits per heavy atom. The highest BCUT2D eigenvalue weighted by Crippen LogP contribution is 2.19. The van der Waals surface area contributed by atoms with Crippen molar-refractivity contribution < 1.29 is 27.5 Å². The number of carbonyl (C=O) groups is 2. The van der Waals surface area contributed by atoms with Gasteiger partial charge in [-0.2, -0.15) is 13.2 Å². The molecule has 2 amide bonds. The van der Waals surface area contributed by atoms with E-state index >= 15 is 0 Å². The maximum absolute atomic E-state index is 12.3. The van der Waals surface area contributed by atoms with E-state index in [2.05, 4.69) is 20.4 Å². The standard InChI is InChI=1S/C19H20F3N3O3/c1-11(2)24-18(27)15-8-14(6-4-12(15)3)25-17(26)13-5-7-16(23-9-13)28-10-19(20,21)22/h4-9,11H,10H2,1-3H3,(H,24,27)(H,25,26). The number of ether oxygens (including phenoxy) is 1. The zero-order valence-electron chi connectivity index (χ0n) is 15.6. The van der Waals surface area contributed by atoms with E-state index in [1.54, 1.807) is 25.1 Å². The quantitative estimate of drug-likeness (QED) is 0.781. The number of rotatable bonds is 6. The Hall–Kier alpha value is -3.10. The van der Waals surface area contributed by atoms with Gasteiger partial charge in [0.05, 0.1) is 5.56 Å². The molecule has 2 N–H and O–H groups in total. The van der Waals surface area contributed by atoms with Gasteiger partial charge in [-0.15, -0.1) is 0 Å². The minimum absolute atomic E-state index is 0.0331. The van der Waals surface area contributed by atoms with Crippen LogP contribution in [-0.2, 0) is 0 Å². The summed E-state index contributed by atoms with van der Waals surface area (Å²) in [4.78, 5) is 28.2. The van der Waals surface area contributed by atoms with Crippen molar-refractivity contribution in [3.05, 3.63) is 53.2 Å². The minimum atomic E-state index is -4.47. The van der Waals surface area contributed by atoms with Gasteiger partial charge in [0.1, 0.15) is 0 Å². The molecule has 0 aliphatic rings.